The lowest BCUT2D eigenvalue weighted by molar-refractivity contribution is 0.295. The molecule has 5 aromatic rings. The van der Waals surface area contributed by atoms with Gasteiger partial charge in [0, 0.05) is 58.7 Å². The molecule has 0 heterocycles. The van der Waals surface area contributed by atoms with Gasteiger partial charge in [-0.15, -0.1) is 12.8 Å². The van der Waals surface area contributed by atoms with Crippen LogP contribution in [0.5, 0.6) is 34.5 Å². The maximum absolute atomic E-state index is 6.74. The van der Waals surface area contributed by atoms with E-state index in [0.29, 0.717) is 96.4 Å². The van der Waals surface area contributed by atoms with Crippen LogP contribution in [-0.4, -0.2) is 39.6 Å². The molecule has 0 aromatic heterocycles. The third kappa shape index (κ3) is 25.0. The molecule has 5 rings (SSSR count). The van der Waals surface area contributed by atoms with E-state index in [2.05, 4.69) is 101 Å². The summed E-state index contributed by atoms with van der Waals surface area (Å²) in [5.41, 5.74) is 7.62. The topological polar surface area (TPSA) is 55.4 Å². The summed E-state index contributed by atoms with van der Waals surface area (Å²) in [5, 5.41) is 0. The standard InChI is InChI=1S/C78H94O6/c1-9-17-23-29-51-79-73-59-69(75(81-53-31-25-19-11-3)57-67(73)45-43-65-39-35-63(15-7)36-40-65)47-49-71-61-78(84-56-34-28-22-14-6)72(62-77(71)83-55-33-27-21-13-5)50-48-70-60-74(80-52-30-24-18-10-2)68(58-76(70)82-54-32-26-20-12-4)46-44-66-41-37-64(16-8)38-42-66/h7-8,35-42,57-62H,9-14,17-34,51-56H2,1-6H3. The minimum atomic E-state index is 0.533. The molecule has 0 saturated carbocycles. The van der Waals surface area contributed by atoms with Crippen molar-refractivity contribution in [3.8, 4) is 107 Å². The van der Waals surface area contributed by atoms with E-state index in [4.69, 9.17) is 41.3 Å². The zero-order chi connectivity index (χ0) is 59.7. The molecule has 0 fully saturated rings. The van der Waals surface area contributed by atoms with Gasteiger partial charge in [0.1, 0.15) is 34.5 Å². The van der Waals surface area contributed by atoms with Crippen LogP contribution >= 0.6 is 0 Å². The third-order valence-electron chi connectivity index (χ3n) is 14.2. The summed E-state index contributed by atoms with van der Waals surface area (Å²) in [6, 6.07) is 27.4. The number of unbranched alkanes of at least 4 members (excludes halogenated alkanes) is 18. The molecule has 0 aliphatic rings. The number of terminal acetylenes is 2. The monoisotopic (exact) mass is 1130 g/mol. The fourth-order valence-corrected chi connectivity index (χ4v) is 9.10. The highest BCUT2D eigenvalue weighted by atomic mass is 16.5. The van der Waals surface area contributed by atoms with E-state index in [1.54, 1.807) is 0 Å². The highest BCUT2D eigenvalue weighted by Gasteiger charge is 2.16. The Hall–Kier alpha value is -7.74. The molecule has 84 heavy (non-hydrogen) atoms. The van der Waals surface area contributed by atoms with Gasteiger partial charge >= 0.3 is 0 Å². The fraction of sp³-hybridized carbons (Fsp3) is 0.462. The molecule has 0 unspecified atom stereocenters. The van der Waals surface area contributed by atoms with Crippen molar-refractivity contribution in [1.29, 1.82) is 0 Å². The predicted molar refractivity (Wildman–Crippen MR) is 350 cm³/mol. The van der Waals surface area contributed by atoms with Gasteiger partial charge in [-0.2, -0.15) is 0 Å². The van der Waals surface area contributed by atoms with Crippen LogP contribution in [0.4, 0.5) is 0 Å². The van der Waals surface area contributed by atoms with Crippen molar-refractivity contribution in [1.82, 2.24) is 0 Å². The van der Waals surface area contributed by atoms with Crippen molar-refractivity contribution >= 4 is 0 Å². The van der Waals surface area contributed by atoms with Crippen molar-refractivity contribution in [3.63, 3.8) is 0 Å². The fourth-order valence-electron chi connectivity index (χ4n) is 9.10. The zero-order valence-electron chi connectivity index (χ0n) is 51.9. The molecule has 0 atom stereocenters. The smallest absolute Gasteiger partial charge is 0.136 e. The molecule has 0 saturated heterocycles. The first-order valence-electron chi connectivity index (χ1n) is 31.9. The van der Waals surface area contributed by atoms with E-state index >= 15 is 0 Å². The lowest BCUT2D eigenvalue weighted by Crippen LogP contribution is -2.04. The Morgan fingerprint density at radius 2 is 0.417 bits per heavy atom. The number of ether oxygens (including phenoxy) is 6. The van der Waals surface area contributed by atoms with E-state index in [0.717, 1.165) is 187 Å². The molecule has 6 nitrogen and oxygen atoms in total. The maximum Gasteiger partial charge on any atom is 0.136 e. The second kappa shape index (κ2) is 41.3. The van der Waals surface area contributed by atoms with Crippen LogP contribution in [0.3, 0.4) is 0 Å². The summed E-state index contributed by atoms with van der Waals surface area (Å²) in [5.74, 6) is 37.1. The number of rotatable bonds is 36. The Balaban J connectivity index is 1.70. The lowest BCUT2D eigenvalue weighted by atomic mass is 10.0. The number of hydrogen-bond acceptors (Lipinski definition) is 6. The third-order valence-corrected chi connectivity index (χ3v) is 14.2. The van der Waals surface area contributed by atoms with Gasteiger partial charge < -0.3 is 28.4 Å². The molecular weight excluding hydrogens is 1030 g/mol. The normalized spacial score (nSPS) is 10.3. The first kappa shape index (κ1) is 67.1. The van der Waals surface area contributed by atoms with Crippen LogP contribution in [0.1, 0.15) is 251 Å². The van der Waals surface area contributed by atoms with E-state index in [1.165, 1.54) is 0 Å². The van der Waals surface area contributed by atoms with Gasteiger partial charge in [0.05, 0.1) is 73.0 Å². The quantitative estimate of drug-likeness (QED) is 0.0294. The molecule has 0 radical (unpaired) electrons. The molecule has 0 spiro atoms. The first-order chi connectivity index (χ1) is 41.4. The molecule has 442 valence electrons. The van der Waals surface area contributed by atoms with E-state index in [9.17, 15) is 0 Å². The van der Waals surface area contributed by atoms with Crippen molar-refractivity contribution < 1.29 is 28.4 Å². The van der Waals surface area contributed by atoms with Gasteiger partial charge in [-0.25, -0.2) is 0 Å². The molecule has 0 amide bonds. The van der Waals surface area contributed by atoms with Gasteiger partial charge in [-0.1, -0.05) is 216 Å². The predicted octanol–water partition coefficient (Wildman–Crippen LogP) is 19.0. The van der Waals surface area contributed by atoms with Crippen LogP contribution < -0.4 is 28.4 Å². The summed E-state index contributed by atoms with van der Waals surface area (Å²) >= 11 is 0. The molecule has 0 N–H and O–H groups in total. The van der Waals surface area contributed by atoms with Gasteiger partial charge in [0.15, 0.2) is 0 Å². The summed E-state index contributed by atoms with van der Waals surface area (Å²) in [4.78, 5) is 0. The minimum absolute atomic E-state index is 0.533. The lowest BCUT2D eigenvalue weighted by Gasteiger charge is -2.15. The summed E-state index contributed by atoms with van der Waals surface area (Å²) in [6.45, 7) is 16.6. The van der Waals surface area contributed by atoms with E-state index in [-0.39, 0.29) is 0 Å². The maximum atomic E-state index is 6.74. The Morgan fingerprint density at radius 1 is 0.238 bits per heavy atom. The second-order valence-corrected chi connectivity index (χ2v) is 21.4. The molecule has 6 heteroatoms. The molecule has 0 aliphatic carbocycles. The Morgan fingerprint density at radius 3 is 0.595 bits per heavy atom. The Bertz CT molecular complexity index is 2870. The van der Waals surface area contributed by atoms with Gasteiger partial charge in [0.2, 0.25) is 0 Å². The average Bonchev–Trinajstić information content (AvgIpc) is 3.58. The van der Waals surface area contributed by atoms with Crippen LogP contribution in [0.25, 0.3) is 0 Å². The molecule has 5 aromatic carbocycles. The Labute approximate surface area is 508 Å². The largest absolute Gasteiger partial charge is 0.492 e. The highest BCUT2D eigenvalue weighted by Crippen LogP contribution is 2.34. The van der Waals surface area contributed by atoms with Gasteiger partial charge in [-0.3, -0.25) is 0 Å². The van der Waals surface area contributed by atoms with Crippen molar-refractivity contribution in [2.45, 2.75) is 196 Å². The number of benzene rings is 5. The van der Waals surface area contributed by atoms with Gasteiger partial charge in [-0.05, 0) is 87.1 Å². The molecule has 0 aliphatic heterocycles. The molecule has 0 bridgehead atoms. The summed E-state index contributed by atoms with van der Waals surface area (Å²) in [7, 11) is 0. The summed E-state index contributed by atoms with van der Waals surface area (Å²) in [6.07, 6.45) is 37.0. The minimum Gasteiger partial charge on any atom is -0.492 e. The van der Waals surface area contributed by atoms with E-state index < -0.39 is 0 Å². The highest BCUT2D eigenvalue weighted by molar-refractivity contribution is 5.66. The first-order valence-corrected chi connectivity index (χ1v) is 31.9. The van der Waals surface area contributed by atoms with Crippen LogP contribution in [0.15, 0.2) is 84.9 Å². The van der Waals surface area contributed by atoms with Gasteiger partial charge in [0.25, 0.3) is 0 Å². The average molecular weight is 1130 g/mol. The van der Waals surface area contributed by atoms with Crippen LogP contribution in [0.2, 0.25) is 0 Å². The van der Waals surface area contributed by atoms with Crippen molar-refractivity contribution in [2.75, 3.05) is 39.6 Å². The van der Waals surface area contributed by atoms with Crippen LogP contribution in [0, 0.1) is 72.1 Å². The van der Waals surface area contributed by atoms with Crippen molar-refractivity contribution in [3.05, 3.63) is 141 Å². The SMILES string of the molecule is C#Cc1ccc(C#Cc2cc(OCCCCCC)c(C#Cc3cc(OCCCCCC)c(C#Cc4cc(OCCCCCC)c(C#Cc5ccc(C#C)cc5)cc4OCCCCCC)cc3OCCCCCC)cc2OCCCCCC)cc1. The zero-order valence-corrected chi connectivity index (χ0v) is 51.9. The van der Waals surface area contributed by atoms with Crippen molar-refractivity contribution in [2.24, 2.45) is 0 Å². The second-order valence-electron chi connectivity index (χ2n) is 21.4. The molecular formula is C78H94O6. The summed E-state index contributed by atoms with van der Waals surface area (Å²) < 4.78 is 39.9. The van der Waals surface area contributed by atoms with E-state index in [1.807, 2.05) is 84.9 Å². The Kier molecular flexibility index (Phi) is 33.0. The number of hydrogen-bond donors (Lipinski definition) is 0. The van der Waals surface area contributed by atoms with Crippen LogP contribution in [-0.2, 0) is 0 Å².